The van der Waals surface area contributed by atoms with Crippen LogP contribution in [0, 0.1) is 5.41 Å². The highest BCUT2D eigenvalue weighted by atomic mass is 35.5. The summed E-state index contributed by atoms with van der Waals surface area (Å²) in [5.41, 5.74) is 0.617. The number of Topliss-reactive ketones (excluding diaryl/α,β-unsaturated/α-hetero) is 1. The number of halogens is 1. The number of ether oxygens (including phenoxy) is 1. The molecule has 0 saturated heterocycles. The van der Waals surface area contributed by atoms with Crippen LogP contribution in [0.4, 0.5) is 11.4 Å². The lowest BCUT2D eigenvalue weighted by Gasteiger charge is -2.25. The highest BCUT2D eigenvalue weighted by molar-refractivity contribution is 6.34. The Balaban J connectivity index is 1.34. The van der Waals surface area contributed by atoms with Gasteiger partial charge in [0.15, 0.2) is 17.9 Å². The zero-order chi connectivity index (χ0) is 42.8. The number of hydrogen-bond donors (Lipinski definition) is 3. The predicted octanol–water partition coefficient (Wildman–Crippen LogP) is 11.3. The summed E-state index contributed by atoms with van der Waals surface area (Å²) in [7, 11) is 0. The van der Waals surface area contributed by atoms with Crippen molar-refractivity contribution in [2.24, 2.45) is 5.41 Å². The summed E-state index contributed by atoms with van der Waals surface area (Å²) in [5.74, 6) is -1.77. The van der Waals surface area contributed by atoms with E-state index in [-0.39, 0.29) is 23.2 Å². The molecule has 3 aromatic carbocycles. The van der Waals surface area contributed by atoms with Crippen LogP contribution < -0.4 is 21.1 Å². The second kappa shape index (κ2) is 23.7. The third-order valence-electron chi connectivity index (χ3n) is 10.6. The van der Waals surface area contributed by atoms with Gasteiger partial charge in [-0.05, 0) is 60.7 Å². The largest absolute Gasteiger partial charge is 0.493 e. The van der Waals surface area contributed by atoms with Crippen molar-refractivity contribution in [3.63, 3.8) is 0 Å². The van der Waals surface area contributed by atoms with E-state index in [1.54, 1.807) is 26.8 Å². The summed E-state index contributed by atoms with van der Waals surface area (Å²) >= 11 is 6.51. The molecule has 0 bridgehead atoms. The van der Waals surface area contributed by atoms with Crippen molar-refractivity contribution in [2.45, 2.75) is 150 Å². The number of aromatic hydroxyl groups is 1. The number of imidazole rings is 1. The van der Waals surface area contributed by atoms with Gasteiger partial charge in [-0.2, -0.15) is 0 Å². The molecule has 0 aliphatic heterocycles. The lowest BCUT2D eigenvalue weighted by atomic mass is 9.86. The van der Waals surface area contributed by atoms with Gasteiger partial charge >= 0.3 is 5.69 Å². The topological polar surface area (TPSA) is 132 Å². The molecule has 4 aromatic rings. The molecule has 0 radical (unpaired) electrons. The predicted molar refractivity (Wildman–Crippen MR) is 239 cm³/mol. The molecule has 11 heteroatoms. The molecular weight excluding hydrogens is 764 g/mol. The van der Waals surface area contributed by atoms with Gasteiger partial charge in [0, 0.05) is 11.1 Å². The molecule has 0 saturated carbocycles. The minimum Gasteiger partial charge on any atom is -0.493 e. The molecule has 0 spiro atoms. The summed E-state index contributed by atoms with van der Waals surface area (Å²) in [5, 5.41) is 16.6. The van der Waals surface area contributed by atoms with Crippen LogP contribution in [0.15, 0.2) is 83.8 Å². The molecule has 1 heterocycles. The Labute approximate surface area is 355 Å². The second-order valence-corrected chi connectivity index (χ2v) is 17.0. The summed E-state index contributed by atoms with van der Waals surface area (Å²) in [6.45, 7) is 9.14. The Bertz CT molecular complexity index is 2000. The van der Waals surface area contributed by atoms with Gasteiger partial charge in [0.05, 0.1) is 23.5 Å². The number of carbonyl (C=O) groups excluding carboxylic acids is 3. The third kappa shape index (κ3) is 14.7. The van der Waals surface area contributed by atoms with Crippen molar-refractivity contribution in [1.82, 2.24) is 9.13 Å². The van der Waals surface area contributed by atoms with Crippen LogP contribution in [0.5, 0.6) is 11.6 Å². The van der Waals surface area contributed by atoms with Gasteiger partial charge in [0.25, 0.3) is 11.8 Å². The summed E-state index contributed by atoms with van der Waals surface area (Å²) < 4.78 is 8.21. The number of unbranched alkanes of at least 4 members (excludes halogenated alkanes) is 12. The monoisotopic (exact) mass is 828 g/mol. The maximum atomic E-state index is 14.0. The number of amides is 2. The van der Waals surface area contributed by atoms with Gasteiger partial charge in [0.1, 0.15) is 5.75 Å². The molecule has 4 rings (SSSR count). The zero-order valence-electron chi connectivity index (χ0n) is 35.7. The first-order valence-corrected chi connectivity index (χ1v) is 22.0. The molecule has 2 unspecified atom stereocenters. The van der Waals surface area contributed by atoms with Crippen molar-refractivity contribution in [3.8, 4) is 11.6 Å². The first kappa shape index (κ1) is 46.9. The van der Waals surface area contributed by atoms with Crippen molar-refractivity contribution in [3.05, 3.63) is 106 Å². The maximum Gasteiger partial charge on any atom is 0.332 e. The minimum absolute atomic E-state index is 0.104. The Morgan fingerprint density at radius 3 is 1.97 bits per heavy atom. The van der Waals surface area contributed by atoms with Crippen molar-refractivity contribution >= 4 is 40.6 Å². The highest BCUT2D eigenvalue weighted by Gasteiger charge is 2.39. The number of nitrogens with zero attached hydrogens (tertiary/aromatic N) is 2. The molecule has 0 fully saturated rings. The third-order valence-corrected chi connectivity index (χ3v) is 10.9. The zero-order valence-corrected chi connectivity index (χ0v) is 36.5. The highest BCUT2D eigenvalue weighted by Crippen LogP contribution is 2.31. The molecule has 0 aliphatic rings. The van der Waals surface area contributed by atoms with Gasteiger partial charge in [-0.15, -0.1) is 0 Å². The van der Waals surface area contributed by atoms with E-state index in [9.17, 15) is 24.3 Å². The number of carbonyl (C=O) groups is 3. The van der Waals surface area contributed by atoms with Crippen LogP contribution in [0.25, 0.3) is 0 Å². The van der Waals surface area contributed by atoms with Crippen LogP contribution >= 0.6 is 11.6 Å². The van der Waals surface area contributed by atoms with Crippen LogP contribution in [0.3, 0.4) is 0 Å². The van der Waals surface area contributed by atoms with E-state index < -0.39 is 40.8 Å². The molecule has 320 valence electrons. The average molecular weight is 830 g/mol. The van der Waals surface area contributed by atoms with E-state index in [2.05, 4.69) is 23.6 Å². The number of hydrogen-bond acceptors (Lipinski definition) is 6. The van der Waals surface area contributed by atoms with Crippen LogP contribution in [-0.2, 0) is 27.3 Å². The van der Waals surface area contributed by atoms with E-state index in [0.717, 1.165) is 23.0 Å². The summed E-state index contributed by atoms with van der Waals surface area (Å²) in [6.07, 6.45) is 18.8. The number of rotatable bonds is 25. The fraction of sp³-hybridized carbons (Fsp3) is 0.500. The van der Waals surface area contributed by atoms with Crippen LogP contribution in [-0.4, -0.2) is 37.9 Å². The van der Waals surface area contributed by atoms with E-state index >= 15 is 0 Å². The summed E-state index contributed by atoms with van der Waals surface area (Å²) in [6, 6.07) is 19.9. The second-order valence-electron chi connectivity index (χ2n) is 16.6. The first-order chi connectivity index (χ1) is 28.3. The normalized spacial score (nSPS) is 12.5. The van der Waals surface area contributed by atoms with Gasteiger partial charge in [-0.1, -0.05) is 166 Å². The Hall–Kier alpha value is -4.83. The molecule has 1 aromatic heterocycles. The van der Waals surface area contributed by atoms with Gasteiger partial charge < -0.3 is 20.5 Å². The maximum absolute atomic E-state index is 14.0. The van der Waals surface area contributed by atoms with Gasteiger partial charge in [-0.3, -0.25) is 19.0 Å². The van der Waals surface area contributed by atoms with E-state index in [1.165, 1.54) is 106 Å². The molecule has 0 aliphatic carbocycles. The number of aromatic nitrogens is 2. The number of anilines is 2. The number of aryl methyl sites for hydroxylation is 1. The molecular formula is C48H65ClN4O6. The number of benzene rings is 3. The van der Waals surface area contributed by atoms with E-state index in [1.807, 2.05) is 55.5 Å². The quantitative estimate of drug-likeness (QED) is 0.0450. The van der Waals surface area contributed by atoms with Crippen molar-refractivity contribution < 1.29 is 24.2 Å². The summed E-state index contributed by atoms with van der Waals surface area (Å²) in [4.78, 5) is 54.8. The average Bonchev–Trinajstić information content (AvgIpc) is 3.48. The molecule has 2 amide bonds. The Morgan fingerprint density at radius 1 is 0.746 bits per heavy atom. The van der Waals surface area contributed by atoms with Gasteiger partial charge in [0.2, 0.25) is 5.88 Å². The first-order valence-electron chi connectivity index (χ1n) is 21.6. The Kier molecular flexibility index (Phi) is 18.8. The van der Waals surface area contributed by atoms with Crippen LogP contribution in [0.2, 0.25) is 5.02 Å². The lowest BCUT2D eigenvalue weighted by molar-refractivity contribution is -0.135. The fourth-order valence-electron chi connectivity index (χ4n) is 7.12. The number of ketones is 1. The molecule has 2 atom stereocenters. The van der Waals surface area contributed by atoms with E-state index in [0.29, 0.717) is 17.9 Å². The van der Waals surface area contributed by atoms with E-state index in [4.69, 9.17) is 16.3 Å². The fourth-order valence-corrected chi connectivity index (χ4v) is 7.29. The molecule has 10 nitrogen and oxygen atoms in total. The standard InChI is InChI=1S/C48H65ClN4O6/c1-6-8-9-10-11-12-13-14-15-16-17-18-20-24-35-27-23-28-38(31-35)59-41(7-2)45(56)50-37-29-30-39(49)40(32-37)51-46(57)43(44(55)48(3,4)5)53-42(54)34-52(47(53)58)33-36-25-21-19-22-26-36/h19,21-23,25-32,34,41,43,54H,6-18,20,24,33H2,1-5H3,(H,50,56)(H,51,57). The number of nitrogens with one attached hydrogen (secondary N) is 2. The Morgan fingerprint density at radius 2 is 1.36 bits per heavy atom. The SMILES string of the molecule is CCCCCCCCCCCCCCCc1cccc(OC(CC)C(=O)Nc2ccc(Cl)c(NC(=O)C(C(=O)C(C)(C)C)n3c(O)cn(Cc4ccccc4)c3=O)c2)c1. The minimum atomic E-state index is -1.72. The lowest BCUT2D eigenvalue weighted by Crippen LogP contribution is -2.43. The molecule has 3 N–H and O–H groups in total. The van der Waals surface area contributed by atoms with Crippen molar-refractivity contribution in [1.29, 1.82) is 0 Å². The van der Waals surface area contributed by atoms with Crippen LogP contribution in [0.1, 0.15) is 142 Å². The van der Waals surface area contributed by atoms with Gasteiger partial charge in [-0.25, -0.2) is 9.36 Å². The molecule has 59 heavy (non-hydrogen) atoms. The van der Waals surface area contributed by atoms with Crippen molar-refractivity contribution in [2.75, 3.05) is 10.6 Å². The smallest absolute Gasteiger partial charge is 0.332 e.